The molecule has 276 valence electrons. The summed E-state index contributed by atoms with van der Waals surface area (Å²) in [5.74, 6) is 0.664. The van der Waals surface area contributed by atoms with Gasteiger partial charge in [0.05, 0.1) is 39.0 Å². The molecule has 0 N–H and O–H groups in total. The fraction of sp³-hybridized carbons (Fsp3) is 0.0545. The Labute approximate surface area is 340 Å². The molecule has 1 aliphatic rings. The van der Waals surface area contributed by atoms with E-state index >= 15 is 0 Å². The summed E-state index contributed by atoms with van der Waals surface area (Å²) in [6.45, 7) is 4.67. The van der Waals surface area contributed by atoms with Gasteiger partial charge in [-0.1, -0.05) is 159 Å². The minimum Gasteiger partial charge on any atom is -0.308 e. The molecule has 4 heteroatoms. The molecule has 13 rings (SSSR count). The van der Waals surface area contributed by atoms with Gasteiger partial charge in [-0.2, -0.15) is 0 Å². The van der Waals surface area contributed by atoms with Crippen LogP contribution in [0.25, 0.3) is 110 Å². The number of hydrogen-bond donors (Lipinski definition) is 0. The molecule has 3 aromatic heterocycles. The summed E-state index contributed by atoms with van der Waals surface area (Å²) in [5, 5.41) is 10.7. The molecular formula is C55H36N4. The predicted molar refractivity (Wildman–Crippen MR) is 246 cm³/mol. The molecule has 9 aromatic carbocycles. The van der Waals surface area contributed by atoms with E-state index in [0.29, 0.717) is 5.95 Å². The molecule has 0 unspecified atom stereocenters. The van der Waals surface area contributed by atoms with Crippen LogP contribution in [-0.4, -0.2) is 19.1 Å². The average molecular weight is 753 g/mol. The van der Waals surface area contributed by atoms with Crippen molar-refractivity contribution in [3.63, 3.8) is 0 Å². The molecule has 0 fully saturated rings. The lowest BCUT2D eigenvalue weighted by Crippen LogP contribution is -2.14. The van der Waals surface area contributed by atoms with Gasteiger partial charge in [0, 0.05) is 48.7 Å². The lowest BCUT2D eigenvalue weighted by atomic mass is 9.82. The lowest BCUT2D eigenvalue weighted by molar-refractivity contribution is 0.660. The van der Waals surface area contributed by atoms with Gasteiger partial charge in [-0.25, -0.2) is 9.97 Å². The molecule has 0 bridgehead atoms. The van der Waals surface area contributed by atoms with Crippen LogP contribution in [0.5, 0.6) is 0 Å². The first-order valence-corrected chi connectivity index (χ1v) is 20.4. The Morgan fingerprint density at radius 3 is 1.92 bits per heavy atom. The molecule has 59 heavy (non-hydrogen) atoms. The number of para-hydroxylation sites is 3. The van der Waals surface area contributed by atoms with Crippen molar-refractivity contribution in [2.75, 3.05) is 0 Å². The van der Waals surface area contributed by atoms with Gasteiger partial charge < -0.3 is 4.57 Å². The van der Waals surface area contributed by atoms with Crippen molar-refractivity contribution in [2.24, 2.45) is 0 Å². The Kier molecular flexibility index (Phi) is 6.48. The van der Waals surface area contributed by atoms with E-state index in [9.17, 15) is 0 Å². The standard InChI is InChI=1S/C55H36N4/c1-55(2)44-23-9-5-20-39(44)51-41(22-14-24-45(51)55)52-40-21-6-10-25-46(40)56-54(57-52)59-48-27-12-8-19-37(48)43-32-42-34(31-50(43)59)16-13-28-49(42)58-47-26-11-7-18-36(47)38-30-29-33-15-3-4-17-35(33)53(38)58/h3-32H,1-2H3. The van der Waals surface area contributed by atoms with E-state index < -0.39 is 0 Å². The first kappa shape index (κ1) is 32.5. The van der Waals surface area contributed by atoms with Crippen molar-refractivity contribution in [3.8, 4) is 34.0 Å². The van der Waals surface area contributed by atoms with Crippen LogP contribution >= 0.6 is 0 Å². The van der Waals surface area contributed by atoms with Gasteiger partial charge >= 0.3 is 0 Å². The van der Waals surface area contributed by atoms with Crippen molar-refractivity contribution in [3.05, 3.63) is 193 Å². The van der Waals surface area contributed by atoms with Crippen LogP contribution < -0.4 is 0 Å². The lowest BCUT2D eigenvalue weighted by Gasteiger charge is -2.21. The van der Waals surface area contributed by atoms with Gasteiger partial charge in [0.15, 0.2) is 0 Å². The molecule has 0 atom stereocenters. The Morgan fingerprint density at radius 1 is 0.407 bits per heavy atom. The fourth-order valence-electron chi connectivity index (χ4n) is 10.4. The van der Waals surface area contributed by atoms with Gasteiger partial charge in [0.25, 0.3) is 0 Å². The maximum atomic E-state index is 5.60. The molecule has 0 saturated carbocycles. The Balaban J connectivity index is 1.10. The Hall–Kier alpha value is -7.56. The third kappa shape index (κ3) is 4.38. The van der Waals surface area contributed by atoms with Crippen LogP contribution in [-0.2, 0) is 5.41 Å². The van der Waals surface area contributed by atoms with Crippen molar-refractivity contribution in [2.45, 2.75) is 19.3 Å². The summed E-state index contributed by atoms with van der Waals surface area (Å²) in [5.41, 5.74) is 13.9. The number of benzene rings is 9. The van der Waals surface area contributed by atoms with Gasteiger partial charge in [-0.05, 0) is 69.4 Å². The van der Waals surface area contributed by atoms with Crippen LogP contribution in [0.3, 0.4) is 0 Å². The molecular weight excluding hydrogens is 717 g/mol. The number of nitrogens with zero attached hydrogens (tertiary/aromatic N) is 4. The number of aromatic nitrogens is 4. The molecule has 3 heterocycles. The summed E-state index contributed by atoms with van der Waals surface area (Å²) in [4.78, 5) is 10.9. The third-order valence-corrected chi connectivity index (χ3v) is 13.1. The van der Waals surface area contributed by atoms with E-state index in [2.05, 4.69) is 205 Å². The number of fused-ring (bicyclic) bond motifs is 13. The highest BCUT2D eigenvalue weighted by Crippen LogP contribution is 2.52. The molecule has 1 aliphatic carbocycles. The fourth-order valence-corrected chi connectivity index (χ4v) is 10.4. The largest absolute Gasteiger partial charge is 0.308 e. The van der Waals surface area contributed by atoms with E-state index in [1.165, 1.54) is 71.0 Å². The minimum atomic E-state index is -0.118. The molecule has 12 aromatic rings. The maximum absolute atomic E-state index is 5.60. The first-order chi connectivity index (χ1) is 29.0. The van der Waals surface area contributed by atoms with Crippen molar-refractivity contribution < 1.29 is 0 Å². The van der Waals surface area contributed by atoms with Gasteiger partial charge in [0.2, 0.25) is 5.95 Å². The summed E-state index contributed by atoms with van der Waals surface area (Å²) in [6, 6.07) is 66.3. The van der Waals surface area contributed by atoms with Crippen molar-refractivity contribution in [1.82, 2.24) is 19.1 Å². The minimum absolute atomic E-state index is 0.118. The second kappa shape index (κ2) is 11.7. The highest BCUT2D eigenvalue weighted by atomic mass is 15.2. The van der Waals surface area contributed by atoms with Gasteiger partial charge in [0.1, 0.15) is 0 Å². The maximum Gasteiger partial charge on any atom is 0.235 e. The zero-order valence-corrected chi connectivity index (χ0v) is 32.6. The molecule has 4 nitrogen and oxygen atoms in total. The van der Waals surface area contributed by atoms with E-state index in [1.807, 2.05) is 0 Å². The van der Waals surface area contributed by atoms with Crippen LogP contribution in [0, 0.1) is 0 Å². The van der Waals surface area contributed by atoms with Crippen LogP contribution in [0.2, 0.25) is 0 Å². The van der Waals surface area contributed by atoms with Crippen molar-refractivity contribution in [1.29, 1.82) is 0 Å². The number of hydrogen-bond acceptors (Lipinski definition) is 2. The monoisotopic (exact) mass is 752 g/mol. The first-order valence-electron chi connectivity index (χ1n) is 20.4. The topological polar surface area (TPSA) is 35.6 Å². The molecule has 0 aliphatic heterocycles. The molecule has 0 saturated heterocycles. The second-order valence-electron chi connectivity index (χ2n) is 16.5. The number of rotatable bonds is 3. The normalized spacial score (nSPS) is 13.4. The van der Waals surface area contributed by atoms with E-state index in [4.69, 9.17) is 9.97 Å². The zero-order valence-electron chi connectivity index (χ0n) is 32.6. The smallest absolute Gasteiger partial charge is 0.235 e. The zero-order chi connectivity index (χ0) is 39.0. The molecule has 0 spiro atoms. The van der Waals surface area contributed by atoms with E-state index in [1.54, 1.807) is 0 Å². The SMILES string of the molecule is CC1(C)c2ccccc2-c2c(-c3nc(-n4c5ccccc5c5cc6c(-n7c8ccccc8c8ccc9ccccc9c87)cccc6cc54)nc4ccccc34)cccc21. The van der Waals surface area contributed by atoms with Crippen LogP contribution in [0.15, 0.2) is 182 Å². The highest BCUT2D eigenvalue weighted by molar-refractivity contribution is 6.20. The second-order valence-corrected chi connectivity index (χ2v) is 16.5. The predicted octanol–water partition coefficient (Wildman–Crippen LogP) is 14.1. The molecule has 0 amide bonds. The average Bonchev–Trinajstić information content (AvgIpc) is 3.88. The van der Waals surface area contributed by atoms with Crippen LogP contribution in [0.4, 0.5) is 0 Å². The summed E-state index contributed by atoms with van der Waals surface area (Å²) >= 11 is 0. The summed E-state index contributed by atoms with van der Waals surface area (Å²) < 4.78 is 4.76. The Bertz CT molecular complexity index is 3770. The van der Waals surface area contributed by atoms with Crippen LogP contribution in [0.1, 0.15) is 25.0 Å². The van der Waals surface area contributed by atoms with E-state index in [0.717, 1.165) is 44.3 Å². The quantitative estimate of drug-likeness (QED) is 0.180. The third-order valence-electron chi connectivity index (χ3n) is 13.1. The van der Waals surface area contributed by atoms with Gasteiger partial charge in [-0.15, -0.1) is 0 Å². The van der Waals surface area contributed by atoms with Crippen molar-refractivity contribution >= 4 is 76.1 Å². The molecule has 0 radical (unpaired) electrons. The Morgan fingerprint density at radius 2 is 1.05 bits per heavy atom. The summed E-state index contributed by atoms with van der Waals surface area (Å²) in [7, 11) is 0. The van der Waals surface area contributed by atoms with E-state index in [-0.39, 0.29) is 5.41 Å². The van der Waals surface area contributed by atoms with Gasteiger partial charge in [-0.3, -0.25) is 4.57 Å². The summed E-state index contributed by atoms with van der Waals surface area (Å²) in [6.07, 6.45) is 0. The highest BCUT2D eigenvalue weighted by Gasteiger charge is 2.37.